The van der Waals surface area contributed by atoms with Gasteiger partial charge in [0.2, 0.25) is 0 Å². The first-order valence-electron chi connectivity index (χ1n) is 9.01. The van der Waals surface area contributed by atoms with Gasteiger partial charge >= 0.3 is 0 Å². The molecular weight excluding hydrogens is 334 g/mol. The van der Waals surface area contributed by atoms with E-state index in [1.165, 1.54) is 5.39 Å². The molecule has 0 aliphatic heterocycles. The van der Waals surface area contributed by atoms with Gasteiger partial charge in [0.25, 0.3) is 0 Å². The fourth-order valence-electron chi connectivity index (χ4n) is 3.10. The number of nitrogens with zero attached hydrogens (tertiary/aromatic N) is 2. The maximum Gasteiger partial charge on any atom is 0.134 e. The van der Waals surface area contributed by atoms with Gasteiger partial charge in [-0.15, -0.1) is 0 Å². The number of ether oxygens (including phenoxy) is 1. The quantitative estimate of drug-likeness (QED) is 0.531. The Morgan fingerprint density at radius 2 is 1.74 bits per heavy atom. The molecule has 27 heavy (non-hydrogen) atoms. The molecule has 4 heteroatoms. The Morgan fingerprint density at radius 3 is 2.52 bits per heavy atom. The molecule has 0 aliphatic rings. The number of fused-ring (bicyclic) bond motifs is 1. The molecular formula is C23H21N3O. The molecule has 4 nitrogen and oxygen atoms in total. The Balaban J connectivity index is 1.63. The summed E-state index contributed by atoms with van der Waals surface area (Å²) in [5, 5.41) is 5.78. The molecule has 0 unspecified atom stereocenters. The van der Waals surface area contributed by atoms with E-state index in [-0.39, 0.29) is 0 Å². The monoisotopic (exact) mass is 355 g/mol. The highest BCUT2D eigenvalue weighted by atomic mass is 16.5. The van der Waals surface area contributed by atoms with Gasteiger partial charge in [-0.05, 0) is 47.9 Å². The first-order valence-corrected chi connectivity index (χ1v) is 9.01. The number of benzene rings is 2. The van der Waals surface area contributed by atoms with Crippen LogP contribution < -0.4 is 10.1 Å². The van der Waals surface area contributed by atoms with Crippen LogP contribution in [0, 0.1) is 0 Å². The molecule has 0 radical (unpaired) electrons. The van der Waals surface area contributed by atoms with E-state index in [4.69, 9.17) is 9.72 Å². The molecule has 2 aromatic carbocycles. The smallest absolute Gasteiger partial charge is 0.134 e. The molecule has 0 amide bonds. The minimum absolute atomic E-state index is 0.778. The number of hydrogen-bond donors (Lipinski definition) is 1. The van der Waals surface area contributed by atoms with E-state index in [0.29, 0.717) is 0 Å². The lowest BCUT2D eigenvalue weighted by atomic mass is 10.1. The van der Waals surface area contributed by atoms with E-state index in [9.17, 15) is 0 Å². The summed E-state index contributed by atoms with van der Waals surface area (Å²) in [6, 6.07) is 24.4. The third kappa shape index (κ3) is 3.90. The van der Waals surface area contributed by atoms with Crippen LogP contribution in [0.15, 0.2) is 79.0 Å². The van der Waals surface area contributed by atoms with Crippen LogP contribution in [0.5, 0.6) is 5.75 Å². The summed E-state index contributed by atoms with van der Waals surface area (Å²) >= 11 is 0. The highest BCUT2D eigenvalue weighted by Gasteiger charge is 2.08. The van der Waals surface area contributed by atoms with E-state index in [2.05, 4.69) is 34.6 Å². The zero-order valence-corrected chi connectivity index (χ0v) is 15.2. The molecule has 0 aliphatic carbocycles. The number of rotatable bonds is 6. The highest BCUT2D eigenvalue weighted by molar-refractivity contribution is 5.94. The predicted octanol–water partition coefficient (Wildman–Crippen LogP) is 4.96. The molecule has 0 saturated heterocycles. The third-order valence-electron chi connectivity index (χ3n) is 4.53. The van der Waals surface area contributed by atoms with Gasteiger partial charge < -0.3 is 10.1 Å². The van der Waals surface area contributed by atoms with Gasteiger partial charge in [-0.3, -0.25) is 4.98 Å². The molecule has 0 bridgehead atoms. The largest absolute Gasteiger partial charge is 0.497 e. The van der Waals surface area contributed by atoms with Crippen LogP contribution in [-0.4, -0.2) is 23.6 Å². The lowest BCUT2D eigenvalue weighted by molar-refractivity contribution is 0.415. The van der Waals surface area contributed by atoms with Crippen LogP contribution in [0.3, 0.4) is 0 Å². The maximum absolute atomic E-state index is 5.26. The van der Waals surface area contributed by atoms with Crippen molar-refractivity contribution in [2.45, 2.75) is 6.42 Å². The topological polar surface area (TPSA) is 47.0 Å². The minimum atomic E-state index is 0.778. The zero-order chi connectivity index (χ0) is 18.5. The molecule has 4 aromatic rings. The van der Waals surface area contributed by atoms with Crippen molar-refractivity contribution >= 4 is 16.6 Å². The van der Waals surface area contributed by atoms with Crippen molar-refractivity contribution in [1.29, 1.82) is 0 Å². The second-order valence-corrected chi connectivity index (χ2v) is 6.30. The van der Waals surface area contributed by atoms with Crippen LogP contribution in [0.2, 0.25) is 0 Å². The maximum atomic E-state index is 5.26. The van der Waals surface area contributed by atoms with Crippen LogP contribution >= 0.6 is 0 Å². The van der Waals surface area contributed by atoms with Crippen LogP contribution in [0.4, 0.5) is 5.82 Å². The Bertz CT molecular complexity index is 1030. The van der Waals surface area contributed by atoms with Crippen molar-refractivity contribution < 1.29 is 4.74 Å². The van der Waals surface area contributed by atoms with Crippen molar-refractivity contribution in [1.82, 2.24) is 9.97 Å². The Kier molecular flexibility index (Phi) is 4.97. The van der Waals surface area contributed by atoms with Gasteiger partial charge in [0, 0.05) is 35.8 Å². The van der Waals surface area contributed by atoms with Gasteiger partial charge in [-0.1, -0.05) is 30.3 Å². The molecule has 2 aromatic heterocycles. The summed E-state index contributed by atoms with van der Waals surface area (Å²) < 4.78 is 5.26. The SMILES string of the molecule is COc1ccc(-c2cc3ccccc3c(NCCc3ccccn3)n2)cc1. The molecule has 0 atom stereocenters. The highest BCUT2D eigenvalue weighted by Crippen LogP contribution is 2.28. The van der Waals surface area contributed by atoms with Gasteiger partial charge in [-0.2, -0.15) is 0 Å². The van der Waals surface area contributed by atoms with Gasteiger partial charge in [0.15, 0.2) is 0 Å². The first-order chi connectivity index (χ1) is 13.3. The molecule has 134 valence electrons. The van der Waals surface area contributed by atoms with E-state index in [0.717, 1.165) is 46.9 Å². The average molecular weight is 355 g/mol. The van der Waals surface area contributed by atoms with Crippen LogP contribution in [0.25, 0.3) is 22.0 Å². The number of hydrogen-bond acceptors (Lipinski definition) is 4. The Morgan fingerprint density at radius 1 is 0.926 bits per heavy atom. The van der Waals surface area contributed by atoms with Crippen molar-refractivity contribution in [2.75, 3.05) is 19.0 Å². The van der Waals surface area contributed by atoms with E-state index < -0.39 is 0 Å². The normalized spacial score (nSPS) is 10.7. The van der Waals surface area contributed by atoms with Crippen molar-refractivity contribution in [2.24, 2.45) is 0 Å². The summed E-state index contributed by atoms with van der Waals surface area (Å²) in [4.78, 5) is 9.27. The average Bonchev–Trinajstić information content (AvgIpc) is 2.74. The second-order valence-electron chi connectivity index (χ2n) is 6.30. The van der Waals surface area contributed by atoms with Gasteiger partial charge in [0.1, 0.15) is 11.6 Å². The minimum Gasteiger partial charge on any atom is -0.497 e. The van der Waals surface area contributed by atoms with Crippen LogP contribution in [0.1, 0.15) is 5.69 Å². The molecule has 0 saturated carbocycles. The second kappa shape index (κ2) is 7.87. The molecule has 0 fully saturated rings. The van der Waals surface area contributed by atoms with Crippen molar-refractivity contribution in [3.05, 3.63) is 84.7 Å². The number of methoxy groups -OCH3 is 1. The number of pyridine rings is 2. The third-order valence-corrected chi connectivity index (χ3v) is 4.53. The summed E-state index contributed by atoms with van der Waals surface area (Å²) in [5.41, 5.74) is 3.08. The summed E-state index contributed by atoms with van der Waals surface area (Å²) in [6.45, 7) is 0.778. The van der Waals surface area contributed by atoms with E-state index in [1.54, 1.807) is 7.11 Å². The van der Waals surface area contributed by atoms with Crippen molar-refractivity contribution in [3.8, 4) is 17.0 Å². The standard InChI is InChI=1S/C23H21N3O/c1-27-20-11-9-17(10-12-20)22-16-18-6-2-3-8-21(18)23(26-22)25-15-13-19-7-4-5-14-24-19/h2-12,14,16H,13,15H2,1H3,(H,25,26). The summed E-state index contributed by atoms with van der Waals surface area (Å²) in [7, 11) is 1.67. The molecule has 2 heterocycles. The number of nitrogens with one attached hydrogen (secondary N) is 1. The zero-order valence-electron chi connectivity index (χ0n) is 15.2. The number of anilines is 1. The Labute approximate surface area is 158 Å². The molecule has 4 rings (SSSR count). The fourth-order valence-corrected chi connectivity index (χ4v) is 3.10. The number of aromatic nitrogens is 2. The van der Waals surface area contributed by atoms with Gasteiger partial charge in [-0.25, -0.2) is 4.98 Å². The predicted molar refractivity (Wildman–Crippen MR) is 110 cm³/mol. The molecule has 0 spiro atoms. The van der Waals surface area contributed by atoms with Crippen LogP contribution in [-0.2, 0) is 6.42 Å². The van der Waals surface area contributed by atoms with E-state index >= 15 is 0 Å². The molecule has 1 N–H and O–H groups in total. The lowest BCUT2D eigenvalue weighted by Crippen LogP contribution is -2.08. The first kappa shape index (κ1) is 17.0. The lowest BCUT2D eigenvalue weighted by Gasteiger charge is -2.12. The Hall–Kier alpha value is -3.40. The van der Waals surface area contributed by atoms with E-state index in [1.807, 2.05) is 54.7 Å². The fraction of sp³-hybridized carbons (Fsp3) is 0.130. The summed E-state index contributed by atoms with van der Waals surface area (Å²) in [6.07, 6.45) is 2.68. The van der Waals surface area contributed by atoms with Gasteiger partial charge in [0.05, 0.1) is 12.8 Å². The summed E-state index contributed by atoms with van der Waals surface area (Å²) in [5.74, 6) is 1.74. The van der Waals surface area contributed by atoms with Crippen molar-refractivity contribution in [3.63, 3.8) is 0 Å².